The number of nitriles is 1. The number of fused-ring (bicyclic) bond motifs is 1. The number of hydrogen-bond acceptors (Lipinski definition) is 4. The number of benzene rings is 2. The molecule has 0 aliphatic carbocycles. The minimum atomic E-state index is 0.0154. The highest BCUT2D eigenvalue weighted by molar-refractivity contribution is 6.30. The third-order valence-corrected chi connectivity index (χ3v) is 5.86. The molecule has 28 heavy (non-hydrogen) atoms. The van der Waals surface area contributed by atoms with E-state index in [1.54, 1.807) is 4.90 Å². The molecule has 144 valence electrons. The van der Waals surface area contributed by atoms with Gasteiger partial charge in [0.05, 0.1) is 19.0 Å². The molecule has 2 heterocycles. The van der Waals surface area contributed by atoms with Gasteiger partial charge in [0.15, 0.2) is 6.19 Å². The van der Waals surface area contributed by atoms with Crippen LogP contribution in [-0.2, 0) is 17.9 Å². The SMILES string of the molecule is CN1CCC[C@@H](C(=O)Nc2cc3c(c(-c4ccc(Cl)cc4)c2)CN(C#N)C3)C1. The van der Waals surface area contributed by atoms with Crippen molar-refractivity contribution in [1.82, 2.24) is 9.80 Å². The molecule has 1 fully saturated rings. The Labute approximate surface area is 170 Å². The van der Waals surface area contributed by atoms with Crippen molar-refractivity contribution < 1.29 is 4.79 Å². The van der Waals surface area contributed by atoms with E-state index in [0.717, 1.165) is 53.9 Å². The average molecular weight is 395 g/mol. The number of carbonyl (C=O) groups excluding carboxylic acids is 1. The van der Waals surface area contributed by atoms with Gasteiger partial charge >= 0.3 is 0 Å². The molecule has 0 unspecified atom stereocenters. The van der Waals surface area contributed by atoms with Crippen LogP contribution in [0.25, 0.3) is 11.1 Å². The molecule has 1 N–H and O–H groups in total. The molecule has 1 atom stereocenters. The van der Waals surface area contributed by atoms with Gasteiger partial charge < -0.3 is 15.1 Å². The molecule has 0 aromatic heterocycles. The Morgan fingerprint density at radius 3 is 2.75 bits per heavy atom. The monoisotopic (exact) mass is 394 g/mol. The molecular weight excluding hydrogens is 372 g/mol. The Balaban J connectivity index is 1.65. The second-order valence-electron chi connectivity index (χ2n) is 7.72. The van der Waals surface area contributed by atoms with Gasteiger partial charge in [-0.2, -0.15) is 5.26 Å². The molecule has 4 rings (SSSR count). The molecule has 1 amide bonds. The first-order valence-corrected chi connectivity index (χ1v) is 9.97. The first-order chi connectivity index (χ1) is 13.5. The summed E-state index contributed by atoms with van der Waals surface area (Å²) in [5.74, 6) is 0.0882. The third-order valence-electron chi connectivity index (χ3n) is 5.61. The lowest BCUT2D eigenvalue weighted by molar-refractivity contribution is -0.121. The summed E-state index contributed by atoms with van der Waals surface area (Å²) >= 11 is 6.05. The molecule has 2 aliphatic rings. The van der Waals surface area contributed by atoms with Gasteiger partial charge in [0.2, 0.25) is 5.91 Å². The van der Waals surface area contributed by atoms with Crippen molar-refractivity contribution in [3.05, 3.63) is 52.5 Å². The lowest BCUT2D eigenvalue weighted by atomic mass is 9.95. The van der Waals surface area contributed by atoms with E-state index in [1.807, 2.05) is 36.4 Å². The predicted molar refractivity (Wildman–Crippen MR) is 111 cm³/mol. The minimum absolute atomic E-state index is 0.0154. The van der Waals surface area contributed by atoms with Crippen molar-refractivity contribution >= 4 is 23.2 Å². The van der Waals surface area contributed by atoms with Gasteiger partial charge in [-0.25, -0.2) is 0 Å². The highest BCUT2D eigenvalue weighted by atomic mass is 35.5. The number of amides is 1. The van der Waals surface area contributed by atoms with E-state index in [0.29, 0.717) is 18.1 Å². The van der Waals surface area contributed by atoms with Crippen molar-refractivity contribution in [1.29, 1.82) is 5.26 Å². The van der Waals surface area contributed by atoms with Gasteiger partial charge in [0.1, 0.15) is 0 Å². The van der Waals surface area contributed by atoms with Gasteiger partial charge in [-0.05, 0) is 73.0 Å². The van der Waals surface area contributed by atoms with Crippen LogP contribution in [0, 0.1) is 17.4 Å². The number of nitrogens with zero attached hydrogens (tertiary/aromatic N) is 3. The lowest BCUT2D eigenvalue weighted by Crippen LogP contribution is -2.38. The predicted octanol–water partition coefficient (Wildman–Crippen LogP) is 4.08. The van der Waals surface area contributed by atoms with E-state index in [1.165, 1.54) is 0 Å². The third kappa shape index (κ3) is 3.84. The minimum Gasteiger partial charge on any atom is -0.326 e. The number of rotatable bonds is 3. The molecule has 0 spiro atoms. The number of hydrogen-bond donors (Lipinski definition) is 1. The summed E-state index contributed by atoms with van der Waals surface area (Å²) < 4.78 is 0. The van der Waals surface area contributed by atoms with Crippen LogP contribution < -0.4 is 5.32 Å². The standard InChI is InChI=1S/C22H23ClN4O/c1-26-8-2-3-16(11-26)22(28)25-19-9-17-12-27(14-24)13-21(17)20(10-19)15-4-6-18(23)7-5-15/h4-7,9-10,16H,2-3,8,11-13H2,1H3,(H,25,28)/t16-/m1/s1. The zero-order valence-electron chi connectivity index (χ0n) is 15.9. The summed E-state index contributed by atoms with van der Waals surface area (Å²) in [7, 11) is 2.06. The van der Waals surface area contributed by atoms with Crippen molar-refractivity contribution in [3.8, 4) is 17.3 Å². The maximum Gasteiger partial charge on any atom is 0.228 e. The van der Waals surface area contributed by atoms with Crippen LogP contribution in [0.2, 0.25) is 5.02 Å². The summed E-state index contributed by atoms with van der Waals surface area (Å²) in [5.41, 5.74) is 5.10. The second-order valence-corrected chi connectivity index (χ2v) is 8.15. The molecule has 6 heteroatoms. The van der Waals surface area contributed by atoms with Crippen LogP contribution in [0.4, 0.5) is 5.69 Å². The van der Waals surface area contributed by atoms with Gasteiger partial charge in [0, 0.05) is 17.3 Å². The van der Waals surface area contributed by atoms with Crippen molar-refractivity contribution in [2.75, 3.05) is 25.5 Å². The van der Waals surface area contributed by atoms with Crippen LogP contribution in [0.15, 0.2) is 36.4 Å². The van der Waals surface area contributed by atoms with Gasteiger partial charge in [-0.3, -0.25) is 4.79 Å². The number of halogens is 1. The maximum absolute atomic E-state index is 12.8. The van der Waals surface area contributed by atoms with Crippen LogP contribution in [0.1, 0.15) is 24.0 Å². The topological polar surface area (TPSA) is 59.4 Å². The molecule has 0 bridgehead atoms. The van der Waals surface area contributed by atoms with Crippen LogP contribution in [-0.4, -0.2) is 35.8 Å². The summed E-state index contributed by atoms with van der Waals surface area (Å²) in [5, 5.41) is 13.1. The molecule has 0 radical (unpaired) electrons. The average Bonchev–Trinajstić information content (AvgIpc) is 3.11. The first-order valence-electron chi connectivity index (χ1n) is 9.59. The molecule has 2 aromatic carbocycles. The van der Waals surface area contributed by atoms with E-state index < -0.39 is 0 Å². The highest BCUT2D eigenvalue weighted by Gasteiger charge is 2.26. The number of carbonyl (C=O) groups is 1. The maximum atomic E-state index is 12.8. The number of nitrogens with one attached hydrogen (secondary N) is 1. The largest absolute Gasteiger partial charge is 0.326 e. The van der Waals surface area contributed by atoms with E-state index in [4.69, 9.17) is 11.6 Å². The van der Waals surface area contributed by atoms with Gasteiger partial charge in [-0.1, -0.05) is 23.7 Å². The molecule has 5 nitrogen and oxygen atoms in total. The van der Waals surface area contributed by atoms with E-state index in [2.05, 4.69) is 23.5 Å². The summed E-state index contributed by atoms with van der Waals surface area (Å²) in [4.78, 5) is 16.7. The van der Waals surface area contributed by atoms with Crippen LogP contribution in [0.5, 0.6) is 0 Å². The Morgan fingerprint density at radius 2 is 2.04 bits per heavy atom. The number of piperidine rings is 1. The fraction of sp³-hybridized carbons (Fsp3) is 0.364. The highest BCUT2D eigenvalue weighted by Crippen LogP contribution is 2.36. The van der Waals surface area contributed by atoms with Crippen molar-refractivity contribution in [2.45, 2.75) is 25.9 Å². The zero-order valence-corrected chi connectivity index (χ0v) is 16.7. The molecular formula is C22H23ClN4O. The number of likely N-dealkylation sites (tertiary alicyclic amines) is 1. The van der Waals surface area contributed by atoms with Gasteiger partial charge in [-0.15, -0.1) is 0 Å². The Kier molecular flexibility index (Phi) is 5.25. The molecule has 0 saturated carbocycles. The van der Waals surface area contributed by atoms with Crippen LogP contribution >= 0.6 is 11.6 Å². The van der Waals surface area contributed by atoms with E-state index in [-0.39, 0.29) is 11.8 Å². The fourth-order valence-corrected chi connectivity index (χ4v) is 4.29. The normalized spacial score (nSPS) is 19.2. The summed E-state index contributed by atoms with van der Waals surface area (Å²) in [6, 6.07) is 11.7. The first kappa shape index (κ1) is 18.8. The smallest absolute Gasteiger partial charge is 0.228 e. The summed E-state index contributed by atoms with van der Waals surface area (Å²) in [6.45, 7) is 3.00. The Morgan fingerprint density at radius 1 is 1.25 bits per heavy atom. The lowest BCUT2D eigenvalue weighted by Gasteiger charge is -2.28. The molecule has 2 aromatic rings. The zero-order chi connectivity index (χ0) is 19.7. The van der Waals surface area contributed by atoms with Gasteiger partial charge in [0.25, 0.3) is 0 Å². The summed E-state index contributed by atoms with van der Waals surface area (Å²) in [6.07, 6.45) is 4.21. The van der Waals surface area contributed by atoms with Crippen molar-refractivity contribution in [2.24, 2.45) is 5.92 Å². The van der Waals surface area contributed by atoms with Crippen LogP contribution in [0.3, 0.4) is 0 Å². The van der Waals surface area contributed by atoms with Crippen molar-refractivity contribution in [3.63, 3.8) is 0 Å². The quantitative estimate of drug-likeness (QED) is 0.797. The van der Waals surface area contributed by atoms with E-state index in [9.17, 15) is 10.1 Å². The second kappa shape index (κ2) is 7.83. The molecule has 1 saturated heterocycles. The van der Waals surface area contributed by atoms with E-state index >= 15 is 0 Å². The number of anilines is 1. The molecule has 2 aliphatic heterocycles. The Bertz CT molecular complexity index is 935. The fourth-order valence-electron chi connectivity index (χ4n) is 4.17. The Hall–Kier alpha value is -2.55.